The fraction of sp³-hybridized carbons (Fsp3) is 0.562. The molecule has 0 spiro atoms. The van der Waals surface area contributed by atoms with Gasteiger partial charge < -0.3 is 10.5 Å². The number of anilines is 1. The lowest BCUT2D eigenvalue weighted by molar-refractivity contribution is 0.0636. The van der Waals surface area contributed by atoms with Crippen LogP contribution in [0.4, 0.5) is 10.5 Å². The van der Waals surface area contributed by atoms with Crippen molar-refractivity contribution in [2.75, 3.05) is 5.32 Å². The van der Waals surface area contributed by atoms with Crippen molar-refractivity contribution in [1.29, 1.82) is 0 Å². The third-order valence-corrected chi connectivity index (χ3v) is 2.60. The second-order valence-electron chi connectivity index (χ2n) is 6.94. The molecule has 0 radical (unpaired) electrons. The Hall–Kier alpha value is -1.55. The van der Waals surface area contributed by atoms with Gasteiger partial charge in [0.25, 0.3) is 0 Å². The number of carbonyl (C=O) groups is 1. The molecule has 3 N–H and O–H groups in total. The van der Waals surface area contributed by atoms with Gasteiger partial charge in [0.05, 0.1) is 0 Å². The zero-order valence-electron chi connectivity index (χ0n) is 13.3. The third kappa shape index (κ3) is 6.06. The summed E-state index contributed by atoms with van der Waals surface area (Å²) < 4.78 is 5.26. The molecule has 112 valence electrons. The lowest BCUT2D eigenvalue weighted by Gasteiger charge is -2.21. The molecule has 0 aliphatic heterocycles. The lowest BCUT2D eigenvalue weighted by Crippen LogP contribution is -2.34. The van der Waals surface area contributed by atoms with E-state index in [2.05, 4.69) is 5.32 Å². The van der Waals surface area contributed by atoms with Crippen molar-refractivity contribution in [3.8, 4) is 0 Å². The number of rotatable bonds is 3. The summed E-state index contributed by atoms with van der Waals surface area (Å²) in [5, 5.41) is 2.79. The molecule has 0 aliphatic carbocycles. The van der Waals surface area contributed by atoms with Gasteiger partial charge in [-0.25, -0.2) is 4.79 Å². The largest absolute Gasteiger partial charge is 0.444 e. The van der Waals surface area contributed by atoms with Crippen molar-refractivity contribution in [3.63, 3.8) is 0 Å². The van der Waals surface area contributed by atoms with E-state index in [1.165, 1.54) is 0 Å². The molecule has 0 aromatic heterocycles. The molecule has 0 heterocycles. The van der Waals surface area contributed by atoms with Gasteiger partial charge in [-0.15, -0.1) is 0 Å². The Balaban J connectivity index is 2.84. The molecule has 1 aromatic rings. The molecule has 20 heavy (non-hydrogen) atoms. The minimum absolute atomic E-state index is 0.279. The Labute approximate surface area is 121 Å². The highest BCUT2D eigenvalue weighted by molar-refractivity contribution is 5.86. The molecular formula is C16H26N2O2. The van der Waals surface area contributed by atoms with Gasteiger partial charge in [0.1, 0.15) is 5.60 Å². The molecule has 0 fully saturated rings. The Morgan fingerprint density at radius 1 is 1.25 bits per heavy atom. The smallest absolute Gasteiger partial charge is 0.412 e. The van der Waals surface area contributed by atoms with Gasteiger partial charge in [0.2, 0.25) is 0 Å². The normalized spacial score (nSPS) is 12.2. The summed E-state index contributed by atoms with van der Waals surface area (Å²) in [6.07, 6.45) is 0.306. The SMILES string of the molecule is Cc1ccc(CC(C)(C)N)cc1NC(=O)OC(C)(C)C. The van der Waals surface area contributed by atoms with Crippen LogP contribution in [-0.4, -0.2) is 17.2 Å². The van der Waals surface area contributed by atoms with Crippen LogP contribution < -0.4 is 11.1 Å². The van der Waals surface area contributed by atoms with Crippen LogP contribution in [0.1, 0.15) is 45.7 Å². The van der Waals surface area contributed by atoms with E-state index in [1.807, 2.05) is 59.7 Å². The number of ether oxygens (including phenoxy) is 1. The molecular weight excluding hydrogens is 252 g/mol. The van der Waals surface area contributed by atoms with Crippen LogP contribution in [0.5, 0.6) is 0 Å². The first kappa shape index (κ1) is 16.5. The second kappa shape index (κ2) is 5.83. The van der Waals surface area contributed by atoms with Crippen molar-refractivity contribution in [2.45, 2.75) is 59.1 Å². The van der Waals surface area contributed by atoms with Crippen LogP contribution in [0.25, 0.3) is 0 Å². The number of nitrogens with two attached hydrogens (primary N) is 1. The van der Waals surface area contributed by atoms with Crippen molar-refractivity contribution < 1.29 is 9.53 Å². The first-order valence-corrected chi connectivity index (χ1v) is 6.85. The summed E-state index contributed by atoms with van der Waals surface area (Å²) in [6.45, 7) is 11.4. The van der Waals surface area contributed by atoms with E-state index in [9.17, 15) is 4.79 Å². The van der Waals surface area contributed by atoms with Gasteiger partial charge in [-0.2, -0.15) is 0 Å². The number of benzene rings is 1. The molecule has 0 saturated carbocycles. The maximum absolute atomic E-state index is 11.8. The summed E-state index contributed by atoms with van der Waals surface area (Å²) in [6, 6.07) is 5.96. The van der Waals surface area contributed by atoms with Crippen LogP contribution in [0.2, 0.25) is 0 Å². The second-order valence-corrected chi connectivity index (χ2v) is 6.94. The van der Waals surface area contributed by atoms with Crippen LogP contribution >= 0.6 is 0 Å². The van der Waals surface area contributed by atoms with Gasteiger partial charge in [-0.3, -0.25) is 5.32 Å². The number of nitrogens with one attached hydrogen (secondary N) is 1. The van der Waals surface area contributed by atoms with Crippen molar-refractivity contribution in [2.24, 2.45) is 5.73 Å². The van der Waals surface area contributed by atoms with Gasteiger partial charge in [-0.1, -0.05) is 12.1 Å². The summed E-state index contributed by atoms with van der Waals surface area (Å²) in [5.74, 6) is 0. The van der Waals surface area contributed by atoms with Gasteiger partial charge in [0.15, 0.2) is 0 Å². The predicted octanol–water partition coefficient (Wildman–Crippen LogP) is 3.62. The van der Waals surface area contributed by atoms with E-state index < -0.39 is 11.7 Å². The van der Waals surface area contributed by atoms with Crippen molar-refractivity contribution >= 4 is 11.8 Å². The quantitative estimate of drug-likeness (QED) is 0.887. The zero-order chi connectivity index (χ0) is 15.6. The predicted molar refractivity (Wildman–Crippen MR) is 83.0 cm³/mol. The number of aryl methyl sites for hydroxylation is 1. The summed E-state index contributed by atoms with van der Waals surface area (Å²) in [5.41, 5.74) is 8.10. The van der Waals surface area contributed by atoms with Crippen LogP contribution in [0, 0.1) is 6.92 Å². The van der Waals surface area contributed by atoms with E-state index in [1.54, 1.807) is 0 Å². The zero-order valence-corrected chi connectivity index (χ0v) is 13.3. The van der Waals surface area contributed by atoms with Gasteiger partial charge in [0, 0.05) is 11.2 Å². The molecule has 0 unspecified atom stereocenters. The van der Waals surface area contributed by atoms with Gasteiger partial charge >= 0.3 is 6.09 Å². The Kier molecular flexibility index (Phi) is 4.81. The molecule has 1 amide bonds. The van der Waals surface area contributed by atoms with Crippen molar-refractivity contribution in [1.82, 2.24) is 0 Å². The first-order valence-electron chi connectivity index (χ1n) is 6.85. The fourth-order valence-corrected chi connectivity index (χ4v) is 1.85. The minimum atomic E-state index is -0.505. The Morgan fingerprint density at radius 3 is 2.35 bits per heavy atom. The molecule has 1 rings (SSSR count). The van der Waals surface area contributed by atoms with Crippen LogP contribution in [0.3, 0.4) is 0 Å². The number of hydrogen-bond acceptors (Lipinski definition) is 3. The van der Waals surface area contributed by atoms with E-state index in [-0.39, 0.29) is 5.54 Å². The summed E-state index contributed by atoms with van der Waals surface area (Å²) in [4.78, 5) is 11.8. The molecule has 0 saturated heterocycles. The maximum Gasteiger partial charge on any atom is 0.412 e. The topological polar surface area (TPSA) is 64.3 Å². The Morgan fingerprint density at radius 2 is 1.85 bits per heavy atom. The average molecular weight is 278 g/mol. The first-order chi connectivity index (χ1) is 8.96. The fourth-order valence-electron chi connectivity index (χ4n) is 1.85. The molecule has 4 nitrogen and oxygen atoms in total. The maximum atomic E-state index is 11.8. The highest BCUT2D eigenvalue weighted by Gasteiger charge is 2.17. The molecule has 0 aliphatic rings. The van der Waals surface area contributed by atoms with Crippen LogP contribution in [-0.2, 0) is 11.2 Å². The molecule has 0 bridgehead atoms. The van der Waals surface area contributed by atoms with Crippen molar-refractivity contribution in [3.05, 3.63) is 29.3 Å². The summed E-state index contributed by atoms with van der Waals surface area (Å²) in [7, 11) is 0. The standard InChI is InChI=1S/C16H26N2O2/c1-11-7-8-12(10-16(5,6)17)9-13(11)18-14(19)20-15(2,3)4/h7-9H,10,17H2,1-6H3,(H,18,19). The number of amides is 1. The minimum Gasteiger partial charge on any atom is -0.444 e. The van der Waals surface area contributed by atoms with E-state index >= 15 is 0 Å². The molecule has 4 heteroatoms. The average Bonchev–Trinajstić information content (AvgIpc) is 2.18. The van der Waals surface area contributed by atoms with E-state index in [0.717, 1.165) is 23.2 Å². The van der Waals surface area contributed by atoms with Crippen LogP contribution in [0.15, 0.2) is 18.2 Å². The van der Waals surface area contributed by atoms with Gasteiger partial charge in [-0.05, 0) is 65.2 Å². The monoisotopic (exact) mass is 278 g/mol. The van der Waals surface area contributed by atoms with E-state index in [0.29, 0.717) is 0 Å². The third-order valence-electron chi connectivity index (χ3n) is 2.60. The Bertz CT molecular complexity index is 482. The number of hydrogen-bond donors (Lipinski definition) is 2. The highest BCUT2D eigenvalue weighted by atomic mass is 16.6. The molecule has 1 aromatic carbocycles. The lowest BCUT2D eigenvalue weighted by atomic mass is 9.95. The summed E-state index contributed by atoms with van der Waals surface area (Å²) >= 11 is 0. The van der Waals surface area contributed by atoms with E-state index in [4.69, 9.17) is 10.5 Å². The highest BCUT2D eigenvalue weighted by Crippen LogP contribution is 2.20. The molecule has 0 atom stereocenters. The number of carbonyl (C=O) groups excluding carboxylic acids is 1.